The highest BCUT2D eigenvalue weighted by Crippen LogP contribution is 2.44. The summed E-state index contributed by atoms with van der Waals surface area (Å²) in [5, 5.41) is 2.13. The van der Waals surface area contributed by atoms with Crippen LogP contribution in [0.1, 0.15) is 36.4 Å². The molecule has 0 N–H and O–H groups in total. The SMILES string of the molecule is CCC[C@@H](OC(=O)[C@@](OC)(c1ccccc1)C(F)(F)F)c1nccs1. The van der Waals surface area contributed by atoms with Gasteiger partial charge in [-0.2, -0.15) is 13.2 Å². The Morgan fingerprint density at radius 1 is 1.28 bits per heavy atom. The molecule has 1 heterocycles. The Hall–Kier alpha value is -1.93. The minimum atomic E-state index is -4.99. The van der Waals surface area contributed by atoms with Crippen LogP contribution in [0.3, 0.4) is 0 Å². The zero-order valence-electron chi connectivity index (χ0n) is 13.7. The summed E-state index contributed by atoms with van der Waals surface area (Å²) in [4.78, 5) is 16.7. The smallest absolute Gasteiger partial charge is 0.432 e. The zero-order chi connectivity index (χ0) is 18.5. The molecule has 0 radical (unpaired) electrons. The van der Waals surface area contributed by atoms with Gasteiger partial charge in [0.1, 0.15) is 5.01 Å². The molecule has 0 saturated carbocycles. The lowest BCUT2D eigenvalue weighted by atomic mass is 9.92. The summed E-state index contributed by atoms with van der Waals surface area (Å²) in [7, 11) is 0.847. The Labute approximate surface area is 147 Å². The third-order valence-corrected chi connectivity index (χ3v) is 4.57. The average molecular weight is 373 g/mol. The van der Waals surface area contributed by atoms with E-state index >= 15 is 0 Å². The molecule has 0 aliphatic rings. The second kappa shape index (κ2) is 7.97. The van der Waals surface area contributed by atoms with E-state index in [9.17, 15) is 18.0 Å². The Morgan fingerprint density at radius 3 is 2.44 bits per heavy atom. The van der Waals surface area contributed by atoms with Crippen molar-refractivity contribution in [3.8, 4) is 0 Å². The van der Waals surface area contributed by atoms with Gasteiger partial charge < -0.3 is 9.47 Å². The van der Waals surface area contributed by atoms with Crippen molar-refractivity contribution in [2.45, 2.75) is 37.6 Å². The van der Waals surface area contributed by atoms with E-state index in [1.807, 2.05) is 6.92 Å². The molecule has 0 bridgehead atoms. The lowest BCUT2D eigenvalue weighted by Gasteiger charge is -2.33. The van der Waals surface area contributed by atoms with Crippen LogP contribution in [0.15, 0.2) is 41.9 Å². The number of carbonyl (C=O) groups excluding carboxylic acids is 1. The Bertz CT molecular complexity index is 676. The Kier molecular flexibility index (Phi) is 6.18. The summed E-state index contributed by atoms with van der Waals surface area (Å²) in [5.74, 6) is -1.50. The molecule has 25 heavy (non-hydrogen) atoms. The van der Waals surface area contributed by atoms with Crippen molar-refractivity contribution in [1.29, 1.82) is 0 Å². The number of ether oxygens (including phenoxy) is 2. The highest BCUT2D eigenvalue weighted by molar-refractivity contribution is 7.09. The van der Waals surface area contributed by atoms with Crippen molar-refractivity contribution in [3.05, 3.63) is 52.5 Å². The first-order valence-corrected chi connectivity index (χ1v) is 8.52. The van der Waals surface area contributed by atoms with E-state index in [4.69, 9.17) is 9.47 Å². The van der Waals surface area contributed by atoms with Gasteiger partial charge in [-0.05, 0) is 6.42 Å². The van der Waals surface area contributed by atoms with Crippen LogP contribution in [-0.2, 0) is 19.9 Å². The van der Waals surface area contributed by atoms with Crippen molar-refractivity contribution in [2.75, 3.05) is 7.11 Å². The maximum absolute atomic E-state index is 13.9. The second-order valence-corrected chi connectivity index (χ2v) is 6.23. The predicted molar refractivity (Wildman–Crippen MR) is 87.0 cm³/mol. The third-order valence-electron chi connectivity index (χ3n) is 3.70. The van der Waals surface area contributed by atoms with Crippen LogP contribution in [0, 0.1) is 0 Å². The van der Waals surface area contributed by atoms with E-state index in [-0.39, 0.29) is 5.56 Å². The van der Waals surface area contributed by atoms with Crippen LogP contribution < -0.4 is 0 Å². The molecule has 2 aromatic rings. The number of alkyl halides is 3. The van der Waals surface area contributed by atoms with E-state index < -0.39 is 23.9 Å². The number of hydrogen-bond acceptors (Lipinski definition) is 5. The number of esters is 1. The number of methoxy groups -OCH3 is 1. The van der Waals surface area contributed by atoms with Crippen LogP contribution in [0.5, 0.6) is 0 Å². The minimum absolute atomic E-state index is 0.329. The van der Waals surface area contributed by atoms with Gasteiger partial charge in [-0.1, -0.05) is 43.7 Å². The first-order chi connectivity index (χ1) is 11.9. The Balaban J connectivity index is 2.42. The predicted octanol–water partition coefficient (Wildman–Crippen LogP) is 4.63. The highest BCUT2D eigenvalue weighted by Gasteiger charge is 2.64. The molecule has 0 aliphatic carbocycles. The lowest BCUT2D eigenvalue weighted by molar-refractivity contribution is -0.278. The molecule has 0 aliphatic heterocycles. The summed E-state index contributed by atoms with van der Waals surface area (Å²) >= 11 is 1.22. The summed E-state index contributed by atoms with van der Waals surface area (Å²) in [6.45, 7) is 1.85. The van der Waals surface area contributed by atoms with Gasteiger partial charge in [0.2, 0.25) is 0 Å². The van der Waals surface area contributed by atoms with Gasteiger partial charge in [0, 0.05) is 24.3 Å². The van der Waals surface area contributed by atoms with Crippen LogP contribution in [0.2, 0.25) is 0 Å². The van der Waals surface area contributed by atoms with Gasteiger partial charge >= 0.3 is 12.1 Å². The van der Waals surface area contributed by atoms with E-state index in [1.165, 1.54) is 41.8 Å². The van der Waals surface area contributed by atoms with Gasteiger partial charge in [-0.15, -0.1) is 11.3 Å². The fraction of sp³-hybridized carbons (Fsp3) is 0.412. The summed E-state index contributed by atoms with van der Waals surface area (Å²) in [6.07, 6.45) is -3.33. The number of thiazole rings is 1. The normalized spacial score (nSPS) is 15.4. The summed E-state index contributed by atoms with van der Waals surface area (Å²) < 4.78 is 51.5. The quantitative estimate of drug-likeness (QED) is 0.664. The molecule has 0 fully saturated rings. The van der Waals surface area contributed by atoms with Gasteiger partial charge in [0.25, 0.3) is 5.60 Å². The highest BCUT2D eigenvalue weighted by atomic mass is 32.1. The lowest BCUT2D eigenvalue weighted by Crippen LogP contribution is -2.52. The van der Waals surface area contributed by atoms with Gasteiger partial charge in [0.05, 0.1) is 0 Å². The van der Waals surface area contributed by atoms with E-state index in [0.717, 1.165) is 7.11 Å². The molecule has 0 amide bonds. The van der Waals surface area contributed by atoms with E-state index in [2.05, 4.69) is 4.98 Å². The molecular formula is C17H18F3NO3S. The number of hydrogen-bond donors (Lipinski definition) is 0. The van der Waals surface area contributed by atoms with Gasteiger partial charge in [0.15, 0.2) is 6.10 Å². The van der Waals surface area contributed by atoms with Crippen LogP contribution >= 0.6 is 11.3 Å². The number of aromatic nitrogens is 1. The molecule has 1 aromatic heterocycles. The number of carbonyl (C=O) groups is 1. The maximum atomic E-state index is 13.9. The molecule has 0 saturated heterocycles. The largest absolute Gasteiger partial charge is 0.452 e. The first kappa shape index (κ1) is 19.4. The van der Waals surface area contributed by atoms with E-state index in [1.54, 1.807) is 11.4 Å². The maximum Gasteiger partial charge on any atom is 0.432 e. The summed E-state index contributed by atoms with van der Waals surface area (Å²) in [5.41, 5.74) is -3.51. The van der Waals surface area contributed by atoms with Crippen LogP contribution in [0.25, 0.3) is 0 Å². The van der Waals surface area contributed by atoms with Gasteiger partial charge in [-0.3, -0.25) is 0 Å². The number of benzene rings is 1. The number of rotatable bonds is 7. The molecule has 0 spiro atoms. The number of halogens is 3. The molecular weight excluding hydrogens is 355 g/mol. The van der Waals surface area contributed by atoms with Crippen molar-refractivity contribution in [1.82, 2.24) is 4.98 Å². The van der Waals surface area contributed by atoms with Crippen molar-refractivity contribution in [2.24, 2.45) is 0 Å². The van der Waals surface area contributed by atoms with Crippen LogP contribution in [0.4, 0.5) is 13.2 Å². The molecule has 136 valence electrons. The molecule has 8 heteroatoms. The molecule has 4 nitrogen and oxygen atoms in total. The molecule has 2 rings (SSSR count). The molecule has 2 atom stereocenters. The van der Waals surface area contributed by atoms with E-state index in [0.29, 0.717) is 17.8 Å². The van der Waals surface area contributed by atoms with Crippen molar-refractivity contribution >= 4 is 17.3 Å². The third kappa shape index (κ3) is 3.85. The van der Waals surface area contributed by atoms with Crippen LogP contribution in [-0.4, -0.2) is 24.2 Å². The fourth-order valence-corrected chi connectivity index (χ4v) is 3.19. The molecule has 0 unspecified atom stereocenters. The molecule has 1 aromatic carbocycles. The zero-order valence-corrected chi connectivity index (χ0v) is 14.6. The number of nitrogens with zero attached hydrogens (tertiary/aromatic N) is 1. The Morgan fingerprint density at radius 2 is 1.96 bits per heavy atom. The summed E-state index contributed by atoms with van der Waals surface area (Å²) in [6, 6.07) is 6.76. The minimum Gasteiger partial charge on any atom is -0.452 e. The van der Waals surface area contributed by atoms with Crippen molar-refractivity contribution in [3.63, 3.8) is 0 Å². The monoisotopic (exact) mass is 373 g/mol. The van der Waals surface area contributed by atoms with Gasteiger partial charge in [-0.25, -0.2) is 9.78 Å². The topological polar surface area (TPSA) is 48.4 Å². The second-order valence-electron chi connectivity index (χ2n) is 5.30. The average Bonchev–Trinajstić information content (AvgIpc) is 3.09. The standard InChI is InChI=1S/C17H18F3NO3S/c1-3-7-13(14-21-10-11-25-14)24-15(22)16(23-2,17(18,19)20)12-8-5-4-6-9-12/h4-6,8-11,13H,3,7H2,1-2H3/t13-,16+/m1/s1. The fourth-order valence-electron chi connectivity index (χ4n) is 2.49. The first-order valence-electron chi connectivity index (χ1n) is 7.64. The van der Waals surface area contributed by atoms with Crippen molar-refractivity contribution < 1.29 is 27.4 Å².